The van der Waals surface area contributed by atoms with Crippen LogP contribution in [-0.2, 0) is 0 Å². The molecule has 0 atom stereocenters. The van der Waals surface area contributed by atoms with Gasteiger partial charge in [0.2, 0.25) is 0 Å². The second-order valence-electron chi connectivity index (χ2n) is 5.39. The maximum atomic E-state index is 5.43. The molecule has 3 heteroatoms. The third-order valence-corrected chi connectivity index (χ3v) is 3.56. The molecule has 0 fully saturated rings. The Labute approximate surface area is 130 Å². The summed E-state index contributed by atoms with van der Waals surface area (Å²) in [5, 5.41) is 0. The number of nitrogens with zero attached hydrogens (tertiary/aromatic N) is 2. The Hall–Kier alpha value is -2.68. The summed E-state index contributed by atoms with van der Waals surface area (Å²) >= 11 is 0. The first-order valence-corrected chi connectivity index (χ1v) is 7.21. The fraction of sp³-hybridized carbons (Fsp3) is 0.158. The van der Waals surface area contributed by atoms with Gasteiger partial charge in [-0.2, -0.15) is 0 Å². The van der Waals surface area contributed by atoms with Gasteiger partial charge in [0.05, 0.1) is 18.5 Å². The van der Waals surface area contributed by atoms with Gasteiger partial charge in [-0.05, 0) is 55.3 Å². The second-order valence-corrected chi connectivity index (χ2v) is 5.39. The number of hydrogen-bond acceptors (Lipinski definition) is 3. The first-order valence-electron chi connectivity index (χ1n) is 7.21. The predicted octanol–water partition coefficient (Wildman–Crippen LogP) is 4.44. The van der Waals surface area contributed by atoms with Crippen molar-refractivity contribution in [3.05, 3.63) is 66.0 Å². The van der Waals surface area contributed by atoms with Crippen LogP contribution in [0.3, 0.4) is 0 Å². The van der Waals surface area contributed by atoms with E-state index >= 15 is 0 Å². The summed E-state index contributed by atoms with van der Waals surface area (Å²) in [6.45, 7) is 4.06. The van der Waals surface area contributed by atoms with E-state index in [0.29, 0.717) is 0 Å². The summed E-state index contributed by atoms with van der Waals surface area (Å²) in [4.78, 5) is 8.99. The van der Waals surface area contributed by atoms with E-state index in [-0.39, 0.29) is 0 Å². The van der Waals surface area contributed by atoms with Crippen molar-refractivity contribution in [2.75, 3.05) is 7.11 Å². The second kappa shape index (κ2) is 5.98. The molecule has 3 rings (SSSR count). The molecule has 22 heavy (non-hydrogen) atoms. The molecule has 0 unspecified atom stereocenters. The van der Waals surface area contributed by atoms with Gasteiger partial charge in [0.15, 0.2) is 0 Å². The van der Waals surface area contributed by atoms with Crippen LogP contribution in [-0.4, -0.2) is 17.1 Å². The molecule has 0 amide bonds. The number of hydrogen-bond donors (Lipinski definition) is 0. The van der Waals surface area contributed by atoms with Crippen LogP contribution in [0.4, 0.5) is 0 Å². The van der Waals surface area contributed by atoms with Crippen LogP contribution >= 0.6 is 0 Å². The van der Waals surface area contributed by atoms with Crippen LogP contribution in [0.15, 0.2) is 54.9 Å². The minimum Gasteiger partial charge on any atom is -0.497 e. The molecule has 0 aliphatic rings. The van der Waals surface area contributed by atoms with E-state index in [2.05, 4.69) is 28.2 Å². The lowest BCUT2D eigenvalue weighted by molar-refractivity contribution is 0.415. The predicted molar refractivity (Wildman–Crippen MR) is 88.9 cm³/mol. The summed E-state index contributed by atoms with van der Waals surface area (Å²) in [6, 6.07) is 14.3. The maximum Gasteiger partial charge on any atom is 0.120 e. The molecule has 2 heterocycles. The molecular formula is C19H18N2O. The third-order valence-electron chi connectivity index (χ3n) is 3.56. The molecule has 0 bridgehead atoms. The SMILES string of the molecule is COc1cc(-c2ccc(C)cn2)cc(-c2ccc(C)cn2)c1. The number of ether oxygens (including phenoxy) is 1. The van der Waals surface area contributed by atoms with Crippen molar-refractivity contribution in [1.82, 2.24) is 9.97 Å². The minimum atomic E-state index is 0.803. The maximum absolute atomic E-state index is 5.43. The van der Waals surface area contributed by atoms with Gasteiger partial charge in [0.25, 0.3) is 0 Å². The van der Waals surface area contributed by atoms with Gasteiger partial charge in [-0.3, -0.25) is 9.97 Å². The summed E-state index contributed by atoms with van der Waals surface area (Å²) in [5.41, 5.74) is 6.20. The monoisotopic (exact) mass is 290 g/mol. The average molecular weight is 290 g/mol. The van der Waals surface area contributed by atoms with E-state index in [4.69, 9.17) is 4.74 Å². The standard InChI is InChI=1S/C19H18N2O/c1-13-4-6-18(20-11-13)15-8-16(10-17(9-15)22-3)19-7-5-14(2)12-21-19/h4-12H,1-3H3. The molecule has 1 aromatic carbocycles. The van der Waals surface area contributed by atoms with Crippen LogP contribution in [0.25, 0.3) is 22.5 Å². The summed E-state index contributed by atoms with van der Waals surface area (Å²) in [5.74, 6) is 0.803. The highest BCUT2D eigenvalue weighted by Gasteiger charge is 2.07. The quantitative estimate of drug-likeness (QED) is 0.715. The van der Waals surface area contributed by atoms with E-state index in [1.54, 1.807) is 7.11 Å². The van der Waals surface area contributed by atoms with Crippen LogP contribution in [0.1, 0.15) is 11.1 Å². The molecule has 110 valence electrons. The molecule has 2 aromatic heterocycles. The summed E-state index contributed by atoms with van der Waals surface area (Å²) in [7, 11) is 1.67. The van der Waals surface area contributed by atoms with Crippen molar-refractivity contribution >= 4 is 0 Å². The lowest BCUT2D eigenvalue weighted by Gasteiger charge is -2.09. The highest BCUT2D eigenvalue weighted by molar-refractivity contribution is 5.72. The molecule has 3 nitrogen and oxygen atoms in total. The first kappa shape index (κ1) is 14.3. The van der Waals surface area contributed by atoms with Gasteiger partial charge >= 0.3 is 0 Å². The first-order chi connectivity index (χ1) is 10.7. The van der Waals surface area contributed by atoms with Gasteiger partial charge in [-0.1, -0.05) is 12.1 Å². The number of rotatable bonds is 3. The molecule has 3 aromatic rings. The Balaban J connectivity index is 2.10. The van der Waals surface area contributed by atoms with E-state index in [0.717, 1.165) is 39.4 Å². The van der Waals surface area contributed by atoms with Crippen LogP contribution in [0, 0.1) is 13.8 Å². The van der Waals surface area contributed by atoms with Crippen LogP contribution in [0.5, 0.6) is 5.75 Å². The molecule has 0 saturated carbocycles. The largest absolute Gasteiger partial charge is 0.497 e. The zero-order chi connectivity index (χ0) is 15.5. The highest BCUT2D eigenvalue weighted by atomic mass is 16.5. The number of pyridine rings is 2. The molecule has 0 spiro atoms. The Bertz CT molecular complexity index is 714. The molecule has 0 radical (unpaired) electrons. The Morgan fingerprint density at radius 2 is 1.23 bits per heavy atom. The summed E-state index contributed by atoms with van der Waals surface area (Å²) < 4.78 is 5.43. The lowest BCUT2D eigenvalue weighted by Crippen LogP contribution is -1.91. The van der Waals surface area contributed by atoms with Gasteiger partial charge in [-0.15, -0.1) is 0 Å². The number of aryl methyl sites for hydroxylation is 2. The van der Waals surface area contributed by atoms with E-state index in [9.17, 15) is 0 Å². The van der Waals surface area contributed by atoms with E-state index < -0.39 is 0 Å². The number of aromatic nitrogens is 2. The molecular weight excluding hydrogens is 272 g/mol. The van der Waals surface area contributed by atoms with Gasteiger partial charge in [0, 0.05) is 23.5 Å². The van der Waals surface area contributed by atoms with Crippen LogP contribution in [0.2, 0.25) is 0 Å². The molecule has 0 aliphatic carbocycles. The number of methoxy groups -OCH3 is 1. The Morgan fingerprint density at radius 1 is 0.727 bits per heavy atom. The van der Waals surface area contributed by atoms with E-state index in [1.165, 1.54) is 0 Å². The zero-order valence-electron chi connectivity index (χ0n) is 13.0. The number of benzene rings is 1. The third kappa shape index (κ3) is 2.98. The van der Waals surface area contributed by atoms with Gasteiger partial charge in [-0.25, -0.2) is 0 Å². The summed E-state index contributed by atoms with van der Waals surface area (Å²) in [6.07, 6.45) is 3.75. The zero-order valence-corrected chi connectivity index (χ0v) is 13.0. The molecule has 0 saturated heterocycles. The minimum absolute atomic E-state index is 0.803. The topological polar surface area (TPSA) is 35.0 Å². The normalized spacial score (nSPS) is 10.5. The Kier molecular flexibility index (Phi) is 3.88. The molecule has 0 aliphatic heterocycles. The van der Waals surface area contributed by atoms with Crippen molar-refractivity contribution in [1.29, 1.82) is 0 Å². The average Bonchev–Trinajstić information content (AvgIpc) is 2.55. The van der Waals surface area contributed by atoms with Crippen LogP contribution < -0.4 is 4.74 Å². The van der Waals surface area contributed by atoms with Gasteiger partial charge in [0.1, 0.15) is 5.75 Å². The van der Waals surface area contributed by atoms with Crippen molar-refractivity contribution in [2.45, 2.75) is 13.8 Å². The van der Waals surface area contributed by atoms with Crippen molar-refractivity contribution in [3.8, 4) is 28.3 Å². The lowest BCUT2D eigenvalue weighted by atomic mass is 10.0. The van der Waals surface area contributed by atoms with E-state index in [1.807, 2.05) is 50.5 Å². The smallest absolute Gasteiger partial charge is 0.120 e. The van der Waals surface area contributed by atoms with Crippen molar-refractivity contribution < 1.29 is 4.74 Å². The Morgan fingerprint density at radius 3 is 1.59 bits per heavy atom. The fourth-order valence-electron chi connectivity index (χ4n) is 2.29. The van der Waals surface area contributed by atoms with Crippen molar-refractivity contribution in [3.63, 3.8) is 0 Å². The molecule has 0 N–H and O–H groups in total. The fourth-order valence-corrected chi connectivity index (χ4v) is 2.29. The highest BCUT2D eigenvalue weighted by Crippen LogP contribution is 2.29. The van der Waals surface area contributed by atoms with Crippen molar-refractivity contribution in [2.24, 2.45) is 0 Å². The van der Waals surface area contributed by atoms with Gasteiger partial charge < -0.3 is 4.74 Å².